The van der Waals surface area contributed by atoms with Crippen LogP contribution in [0.5, 0.6) is 0 Å². The van der Waals surface area contributed by atoms with Crippen molar-refractivity contribution in [2.75, 3.05) is 5.32 Å². The molecule has 7 heteroatoms. The van der Waals surface area contributed by atoms with Crippen molar-refractivity contribution in [3.63, 3.8) is 0 Å². The number of anilines is 1. The number of benzene rings is 1. The standard InChI is InChI=1S/C16H15BrN4O2/c1-11(20-21-16(23)12-6-8-18-9-7-12)10-15(22)19-14-4-2-13(17)3-5-14/h2-9H,10H2,1H3,(H,19,22)(H,21,23)/b20-11+. The SMILES string of the molecule is C/C(CC(=O)Nc1ccc(Br)cc1)=N\NC(=O)c1ccncc1. The summed E-state index contributed by atoms with van der Waals surface area (Å²) in [6.07, 6.45) is 3.14. The van der Waals surface area contributed by atoms with Crippen molar-refractivity contribution in [1.29, 1.82) is 0 Å². The minimum Gasteiger partial charge on any atom is -0.326 e. The number of nitrogens with zero attached hydrogens (tertiary/aromatic N) is 2. The summed E-state index contributed by atoms with van der Waals surface area (Å²) in [6.45, 7) is 1.67. The molecule has 0 aliphatic carbocycles. The molecule has 2 amide bonds. The molecule has 0 spiro atoms. The van der Waals surface area contributed by atoms with Gasteiger partial charge in [0.1, 0.15) is 0 Å². The number of hydrogen-bond donors (Lipinski definition) is 2. The van der Waals surface area contributed by atoms with Crippen LogP contribution >= 0.6 is 15.9 Å². The Hall–Kier alpha value is -2.54. The number of aromatic nitrogens is 1. The summed E-state index contributed by atoms with van der Waals surface area (Å²) in [5, 5.41) is 6.68. The summed E-state index contributed by atoms with van der Waals surface area (Å²) >= 11 is 3.33. The molecular weight excluding hydrogens is 360 g/mol. The lowest BCUT2D eigenvalue weighted by atomic mass is 10.2. The second kappa shape index (κ2) is 8.19. The molecule has 0 bridgehead atoms. The Balaban J connectivity index is 1.85. The second-order valence-electron chi connectivity index (χ2n) is 4.76. The minimum absolute atomic E-state index is 0.0900. The van der Waals surface area contributed by atoms with Crippen molar-refractivity contribution in [2.24, 2.45) is 5.10 Å². The Morgan fingerprint density at radius 2 is 1.78 bits per heavy atom. The monoisotopic (exact) mass is 374 g/mol. The number of nitrogens with one attached hydrogen (secondary N) is 2. The van der Waals surface area contributed by atoms with Gasteiger partial charge in [0.05, 0.1) is 6.42 Å². The zero-order valence-corrected chi connectivity index (χ0v) is 14.0. The van der Waals surface area contributed by atoms with E-state index >= 15 is 0 Å². The number of amides is 2. The summed E-state index contributed by atoms with van der Waals surface area (Å²) in [5.74, 6) is -0.549. The maximum absolute atomic E-state index is 11.9. The third-order valence-corrected chi connectivity index (χ3v) is 3.36. The molecule has 2 aromatic rings. The van der Waals surface area contributed by atoms with Crippen LogP contribution < -0.4 is 10.7 Å². The van der Waals surface area contributed by atoms with Gasteiger partial charge in [-0.1, -0.05) is 15.9 Å². The van der Waals surface area contributed by atoms with Gasteiger partial charge in [0.2, 0.25) is 5.91 Å². The van der Waals surface area contributed by atoms with Crippen molar-refractivity contribution >= 4 is 39.1 Å². The molecule has 1 heterocycles. The summed E-state index contributed by atoms with van der Waals surface area (Å²) < 4.78 is 0.937. The van der Waals surface area contributed by atoms with E-state index in [1.54, 1.807) is 31.2 Å². The highest BCUT2D eigenvalue weighted by Gasteiger charge is 2.07. The first-order valence-corrected chi connectivity index (χ1v) is 7.63. The van der Waals surface area contributed by atoms with Crippen LogP contribution in [0.3, 0.4) is 0 Å². The molecule has 0 fully saturated rings. The van der Waals surface area contributed by atoms with Gasteiger partial charge in [0, 0.05) is 33.8 Å². The van der Waals surface area contributed by atoms with E-state index in [0.29, 0.717) is 17.0 Å². The molecule has 0 atom stereocenters. The van der Waals surface area contributed by atoms with Crippen LogP contribution in [0.15, 0.2) is 58.4 Å². The minimum atomic E-state index is -0.347. The molecule has 0 radical (unpaired) electrons. The molecule has 1 aromatic heterocycles. The van der Waals surface area contributed by atoms with Gasteiger partial charge in [0.25, 0.3) is 5.91 Å². The highest BCUT2D eigenvalue weighted by Crippen LogP contribution is 2.14. The van der Waals surface area contributed by atoms with Crippen LogP contribution in [0.25, 0.3) is 0 Å². The van der Waals surface area contributed by atoms with Gasteiger partial charge in [-0.15, -0.1) is 0 Å². The first-order valence-electron chi connectivity index (χ1n) is 6.83. The van der Waals surface area contributed by atoms with Crippen LogP contribution in [0.4, 0.5) is 5.69 Å². The maximum atomic E-state index is 11.9. The van der Waals surface area contributed by atoms with Crippen LogP contribution in [0.2, 0.25) is 0 Å². The highest BCUT2D eigenvalue weighted by molar-refractivity contribution is 9.10. The lowest BCUT2D eigenvalue weighted by Gasteiger charge is -2.05. The molecule has 0 aliphatic heterocycles. The van der Waals surface area contributed by atoms with Crippen molar-refractivity contribution in [2.45, 2.75) is 13.3 Å². The maximum Gasteiger partial charge on any atom is 0.271 e. The number of hydrazone groups is 1. The van der Waals surface area contributed by atoms with Gasteiger partial charge in [0.15, 0.2) is 0 Å². The Kier molecular flexibility index (Phi) is 5.99. The van der Waals surface area contributed by atoms with Crippen molar-refractivity contribution in [1.82, 2.24) is 10.4 Å². The Morgan fingerprint density at radius 1 is 1.13 bits per heavy atom. The van der Waals surface area contributed by atoms with Gasteiger partial charge in [-0.2, -0.15) is 5.10 Å². The average Bonchev–Trinajstić information content (AvgIpc) is 2.55. The molecule has 0 unspecified atom stereocenters. The third-order valence-electron chi connectivity index (χ3n) is 2.84. The van der Waals surface area contributed by atoms with E-state index in [1.165, 1.54) is 12.4 Å². The van der Waals surface area contributed by atoms with E-state index in [-0.39, 0.29) is 18.2 Å². The zero-order chi connectivity index (χ0) is 16.7. The van der Waals surface area contributed by atoms with Crippen LogP contribution in [-0.2, 0) is 4.79 Å². The fourth-order valence-corrected chi connectivity index (χ4v) is 1.99. The topological polar surface area (TPSA) is 83.5 Å². The quantitative estimate of drug-likeness (QED) is 0.623. The molecule has 0 aliphatic rings. The van der Waals surface area contributed by atoms with E-state index in [4.69, 9.17) is 0 Å². The zero-order valence-electron chi connectivity index (χ0n) is 12.4. The molecule has 23 heavy (non-hydrogen) atoms. The molecule has 1 aromatic carbocycles. The van der Waals surface area contributed by atoms with Gasteiger partial charge >= 0.3 is 0 Å². The fourth-order valence-electron chi connectivity index (χ4n) is 1.72. The summed E-state index contributed by atoms with van der Waals surface area (Å²) in [5.41, 5.74) is 4.07. The number of rotatable bonds is 5. The van der Waals surface area contributed by atoms with Gasteiger partial charge in [-0.05, 0) is 43.3 Å². The number of pyridine rings is 1. The first kappa shape index (κ1) is 16.8. The summed E-state index contributed by atoms with van der Waals surface area (Å²) in [7, 11) is 0. The van der Waals surface area contributed by atoms with E-state index in [9.17, 15) is 9.59 Å². The third kappa shape index (κ3) is 5.63. The number of halogens is 1. The number of carbonyl (C=O) groups is 2. The number of carbonyl (C=O) groups excluding carboxylic acids is 2. The smallest absolute Gasteiger partial charge is 0.271 e. The lowest BCUT2D eigenvalue weighted by molar-refractivity contribution is -0.115. The van der Waals surface area contributed by atoms with Crippen LogP contribution in [0, 0.1) is 0 Å². The molecule has 6 nitrogen and oxygen atoms in total. The molecule has 2 rings (SSSR count). The predicted octanol–water partition coefficient (Wildman–Crippen LogP) is 2.98. The number of hydrogen-bond acceptors (Lipinski definition) is 4. The van der Waals surface area contributed by atoms with Crippen LogP contribution in [0.1, 0.15) is 23.7 Å². The van der Waals surface area contributed by atoms with E-state index in [0.717, 1.165) is 4.47 Å². The average molecular weight is 375 g/mol. The van der Waals surface area contributed by atoms with E-state index < -0.39 is 0 Å². The van der Waals surface area contributed by atoms with Gasteiger partial charge in [-0.3, -0.25) is 14.6 Å². The molecule has 2 N–H and O–H groups in total. The first-order chi connectivity index (χ1) is 11.0. The highest BCUT2D eigenvalue weighted by atomic mass is 79.9. The normalized spacial score (nSPS) is 11.0. The second-order valence-corrected chi connectivity index (χ2v) is 5.67. The van der Waals surface area contributed by atoms with Crippen LogP contribution in [-0.4, -0.2) is 22.5 Å². The fraction of sp³-hybridized carbons (Fsp3) is 0.125. The van der Waals surface area contributed by atoms with Crippen molar-refractivity contribution < 1.29 is 9.59 Å². The van der Waals surface area contributed by atoms with E-state index in [2.05, 4.69) is 36.8 Å². The molecular formula is C16H15BrN4O2. The molecule has 118 valence electrons. The largest absolute Gasteiger partial charge is 0.326 e. The molecule has 0 saturated carbocycles. The summed E-state index contributed by atoms with van der Waals surface area (Å²) in [4.78, 5) is 27.5. The molecule has 0 saturated heterocycles. The van der Waals surface area contributed by atoms with Crippen molar-refractivity contribution in [3.8, 4) is 0 Å². The lowest BCUT2D eigenvalue weighted by Crippen LogP contribution is -2.21. The Morgan fingerprint density at radius 3 is 2.43 bits per heavy atom. The predicted molar refractivity (Wildman–Crippen MR) is 92.2 cm³/mol. The van der Waals surface area contributed by atoms with E-state index in [1.807, 2.05) is 12.1 Å². The van der Waals surface area contributed by atoms with Crippen molar-refractivity contribution in [3.05, 3.63) is 58.8 Å². The summed E-state index contributed by atoms with van der Waals surface area (Å²) in [6, 6.07) is 10.4. The Labute approximate surface area is 142 Å². The Bertz CT molecular complexity index is 715. The van der Waals surface area contributed by atoms with Gasteiger partial charge < -0.3 is 5.32 Å². The van der Waals surface area contributed by atoms with Gasteiger partial charge in [-0.25, -0.2) is 5.43 Å².